The minimum atomic E-state index is -0.762. The summed E-state index contributed by atoms with van der Waals surface area (Å²) in [6, 6.07) is 4.72. The highest BCUT2D eigenvalue weighted by atomic mass is 19.1. The second-order valence-corrected chi connectivity index (χ2v) is 5.52. The van der Waals surface area contributed by atoms with E-state index in [-0.39, 0.29) is 11.8 Å². The quantitative estimate of drug-likeness (QED) is 0.862. The average molecular weight is 280 g/mol. The van der Waals surface area contributed by atoms with Gasteiger partial charge in [-0.2, -0.15) is 0 Å². The molecule has 1 aromatic carbocycles. The molecule has 1 aliphatic heterocycles. The summed E-state index contributed by atoms with van der Waals surface area (Å²) >= 11 is 0. The SMILES string of the molecule is COC(=O)C1(Nc2cc(C)cc(F)c2)CCN(C)CC1. The van der Waals surface area contributed by atoms with E-state index in [0.717, 1.165) is 18.7 Å². The number of methoxy groups -OCH3 is 1. The highest BCUT2D eigenvalue weighted by Crippen LogP contribution is 2.28. The predicted octanol–water partition coefficient (Wildman–Crippen LogP) is 2.18. The van der Waals surface area contributed by atoms with Crippen LogP contribution in [0.2, 0.25) is 0 Å². The lowest BCUT2D eigenvalue weighted by atomic mass is 9.87. The van der Waals surface area contributed by atoms with Crippen LogP contribution in [0.3, 0.4) is 0 Å². The van der Waals surface area contributed by atoms with Gasteiger partial charge in [0.2, 0.25) is 0 Å². The fraction of sp³-hybridized carbons (Fsp3) is 0.533. The van der Waals surface area contributed by atoms with E-state index >= 15 is 0 Å². The fourth-order valence-corrected chi connectivity index (χ4v) is 2.66. The summed E-state index contributed by atoms with van der Waals surface area (Å²) < 4.78 is 18.4. The number of ether oxygens (including phenoxy) is 1. The van der Waals surface area contributed by atoms with Crippen molar-refractivity contribution in [3.8, 4) is 0 Å². The van der Waals surface area contributed by atoms with E-state index in [2.05, 4.69) is 10.2 Å². The maximum absolute atomic E-state index is 13.5. The number of nitrogens with one attached hydrogen (secondary N) is 1. The normalized spacial score (nSPS) is 18.6. The first-order valence-electron chi connectivity index (χ1n) is 6.77. The van der Waals surface area contributed by atoms with Gasteiger partial charge in [0.25, 0.3) is 0 Å². The smallest absolute Gasteiger partial charge is 0.331 e. The standard InChI is InChI=1S/C15H21FN2O2/c1-11-8-12(16)10-13(9-11)17-15(14(19)20-3)4-6-18(2)7-5-15/h8-10,17H,4-7H2,1-3H3. The van der Waals surface area contributed by atoms with Gasteiger partial charge in [-0.05, 0) is 50.6 Å². The molecule has 5 heteroatoms. The highest BCUT2D eigenvalue weighted by Gasteiger charge is 2.42. The van der Waals surface area contributed by atoms with Crippen molar-refractivity contribution in [1.29, 1.82) is 0 Å². The Morgan fingerprint density at radius 2 is 2.00 bits per heavy atom. The third kappa shape index (κ3) is 3.10. The summed E-state index contributed by atoms with van der Waals surface area (Å²) in [5.41, 5.74) is 0.680. The summed E-state index contributed by atoms with van der Waals surface area (Å²) in [5.74, 6) is -0.590. The summed E-state index contributed by atoms with van der Waals surface area (Å²) in [7, 11) is 3.41. The molecule has 0 bridgehead atoms. The van der Waals surface area contributed by atoms with Crippen LogP contribution in [0.1, 0.15) is 18.4 Å². The van der Waals surface area contributed by atoms with E-state index in [1.807, 2.05) is 20.0 Å². The van der Waals surface area contributed by atoms with Crippen molar-refractivity contribution in [2.24, 2.45) is 0 Å². The number of likely N-dealkylation sites (tertiary alicyclic amines) is 1. The zero-order valence-electron chi connectivity index (χ0n) is 12.2. The molecule has 0 radical (unpaired) electrons. The molecule has 0 unspecified atom stereocenters. The first-order chi connectivity index (χ1) is 9.45. The van der Waals surface area contributed by atoms with E-state index in [4.69, 9.17) is 4.74 Å². The lowest BCUT2D eigenvalue weighted by Gasteiger charge is -2.39. The topological polar surface area (TPSA) is 41.6 Å². The molecular formula is C15H21FN2O2. The highest BCUT2D eigenvalue weighted by molar-refractivity contribution is 5.84. The molecule has 1 fully saturated rings. The Kier molecular flexibility index (Phi) is 4.28. The zero-order chi connectivity index (χ0) is 14.8. The van der Waals surface area contributed by atoms with E-state index < -0.39 is 5.54 Å². The monoisotopic (exact) mass is 280 g/mol. The number of halogens is 1. The van der Waals surface area contributed by atoms with E-state index in [0.29, 0.717) is 18.5 Å². The van der Waals surface area contributed by atoms with Gasteiger partial charge in [0.15, 0.2) is 0 Å². The van der Waals surface area contributed by atoms with Gasteiger partial charge >= 0.3 is 5.97 Å². The lowest BCUT2D eigenvalue weighted by Crippen LogP contribution is -2.54. The second kappa shape index (κ2) is 5.79. The number of carbonyl (C=O) groups excluding carboxylic acids is 1. The molecule has 0 spiro atoms. The number of esters is 1. The number of rotatable bonds is 3. The van der Waals surface area contributed by atoms with Crippen molar-refractivity contribution < 1.29 is 13.9 Å². The van der Waals surface area contributed by atoms with Crippen LogP contribution < -0.4 is 5.32 Å². The summed E-state index contributed by atoms with van der Waals surface area (Å²) in [6.07, 6.45) is 1.29. The van der Waals surface area contributed by atoms with Gasteiger partial charge in [-0.3, -0.25) is 0 Å². The molecule has 0 aromatic heterocycles. The van der Waals surface area contributed by atoms with Gasteiger partial charge in [0.05, 0.1) is 7.11 Å². The molecular weight excluding hydrogens is 259 g/mol. The average Bonchev–Trinajstić information content (AvgIpc) is 2.39. The van der Waals surface area contributed by atoms with E-state index in [9.17, 15) is 9.18 Å². The molecule has 1 aromatic rings. The molecule has 1 saturated heterocycles. The van der Waals surface area contributed by atoms with Crippen molar-refractivity contribution in [2.45, 2.75) is 25.3 Å². The minimum Gasteiger partial charge on any atom is -0.467 e. The summed E-state index contributed by atoms with van der Waals surface area (Å²) in [4.78, 5) is 14.3. The second-order valence-electron chi connectivity index (χ2n) is 5.52. The van der Waals surface area contributed by atoms with Crippen LogP contribution in [0.5, 0.6) is 0 Å². The summed E-state index contributed by atoms with van der Waals surface area (Å²) in [6.45, 7) is 3.43. The third-order valence-corrected chi connectivity index (χ3v) is 3.84. The Hall–Kier alpha value is -1.62. The molecule has 0 aliphatic carbocycles. The number of anilines is 1. The lowest BCUT2D eigenvalue weighted by molar-refractivity contribution is -0.147. The van der Waals surface area contributed by atoms with Gasteiger partial charge in [-0.15, -0.1) is 0 Å². The molecule has 20 heavy (non-hydrogen) atoms. The largest absolute Gasteiger partial charge is 0.467 e. The van der Waals surface area contributed by atoms with Crippen LogP contribution >= 0.6 is 0 Å². The molecule has 110 valence electrons. The van der Waals surface area contributed by atoms with E-state index in [1.54, 1.807) is 0 Å². The minimum absolute atomic E-state index is 0.285. The molecule has 1 N–H and O–H groups in total. The first kappa shape index (κ1) is 14.8. The zero-order valence-corrected chi connectivity index (χ0v) is 12.2. The van der Waals surface area contributed by atoms with Gasteiger partial charge in [-0.25, -0.2) is 9.18 Å². The molecule has 0 saturated carbocycles. The van der Waals surface area contributed by atoms with Crippen LogP contribution in [-0.2, 0) is 9.53 Å². The molecule has 2 rings (SSSR count). The Bertz CT molecular complexity index is 476. The number of benzene rings is 1. The Balaban J connectivity index is 2.26. The van der Waals surface area contributed by atoms with Gasteiger partial charge in [-0.1, -0.05) is 0 Å². The van der Waals surface area contributed by atoms with Crippen molar-refractivity contribution >= 4 is 11.7 Å². The number of nitrogens with zero attached hydrogens (tertiary/aromatic N) is 1. The third-order valence-electron chi connectivity index (χ3n) is 3.84. The van der Waals surface area contributed by atoms with Crippen LogP contribution in [0, 0.1) is 12.7 Å². The van der Waals surface area contributed by atoms with Gasteiger partial charge < -0.3 is 15.0 Å². The Labute approximate surface area is 118 Å². The maximum atomic E-state index is 13.5. The number of hydrogen-bond acceptors (Lipinski definition) is 4. The number of aryl methyl sites for hydroxylation is 1. The van der Waals surface area contributed by atoms with Crippen LogP contribution in [0.4, 0.5) is 10.1 Å². The van der Waals surface area contributed by atoms with Gasteiger partial charge in [0.1, 0.15) is 11.4 Å². The Morgan fingerprint density at radius 3 is 2.55 bits per heavy atom. The molecule has 4 nitrogen and oxygen atoms in total. The van der Waals surface area contributed by atoms with Crippen molar-refractivity contribution in [1.82, 2.24) is 4.90 Å². The molecule has 0 atom stereocenters. The van der Waals surface area contributed by atoms with Crippen molar-refractivity contribution in [3.05, 3.63) is 29.6 Å². The molecule has 1 aliphatic rings. The molecule has 0 amide bonds. The number of hydrogen-bond donors (Lipinski definition) is 1. The number of carbonyl (C=O) groups is 1. The van der Waals surface area contributed by atoms with Gasteiger partial charge in [0, 0.05) is 18.8 Å². The van der Waals surface area contributed by atoms with Crippen LogP contribution in [0.15, 0.2) is 18.2 Å². The van der Waals surface area contributed by atoms with Crippen molar-refractivity contribution in [2.75, 3.05) is 32.6 Å². The van der Waals surface area contributed by atoms with Crippen LogP contribution in [0.25, 0.3) is 0 Å². The number of piperidine rings is 1. The molecule has 1 heterocycles. The summed E-state index contributed by atoms with van der Waals surface area (Å²) in [5, 5.41) is 3.21. The van der Waals surface area contributed by atoms with E-state index in [1.165, 1.54) is 19.2 Å². The van der Waals surface area contributed by atoms with Crippen molar-refractivity contribution in [3.63, 3.8) is 0 Å². The Morgan fingerprint density at radius 1 is 1.35 bits per heavy atom. The fourth-order valence-electron chi connectivity index (χ4n) is 2.66. The van der Waals surface area contributed by atoms with Crippen LogP contribution in [-0.4, -0.2) is 43.7 Å². The first-order valence-corrected chi connectivity index (χ1v) is 6.77. The maximum Gasteiger partial charge on any atom is 0.331 e. The predicted molar refractivity (Wildman–Crippen MR) is 76.2 cm³/mol.